The van der Waals surface area contributed by atoms with E-state index in [-0.39, 0.29) is 0 Å². The lowest BCUT2D eigenvalue weighted by Crippen LogP contribution is -2.46. The Kier molecular flexibility index (Phi) is 8.67. The highest BCUT2D eigenvalue weighted by atomic mass is 16.5. The zero-order valence-corrected chi connectivity index (χ0v) is 10.6. The molecular weight excluding hydrogens is 188 g/mol. The van der Waals surface area contributed by atoms with Crippen molar-refractivity contribution in [3.63, 3.8) is 0 Å². The van der Waals surface area contributed by atoms with Gasteiger partial charge in [0.15, 0.2) is 0 Å². The second-order valence-corrected chi connectivity index (χ2v) is 4.05. The number of nitrogens with zero attached hydrogens (tertiary/aromatic N) is 1. The molecule has 1 unspecified atom stereocenters. The van der Waals surface area contributed by atoms with Crippen molar-refractivity contribution < 1.29 is 4.74 Å². The first kappa shape index (κ1) is 14.6. The molecule has 1 N–H and O–H groups in total. The van der Waals surface area contributed by atoms with Crippen LogP contribution in [-0.4, -0.2) is 50.3 Å². The lowest BCUT2D eigenvalue weighted by Gasteiger charge is -2.30. The molecule has 3 heteroatoms. The van der Waals surface area contributed by atoms with Crippen LogP contribution in [0.4, 0.5) is 0 Å². The van der Waals surface area contributed by atoms with Crippen molar-refractivity contribution in [1.29, 1.82) is 0 Å². The van der Waals surface area contributed by atoms with E-state index in [1.165, 1.54) is 0 Å². The Morgan fingerprint density at radius 1 is 1.47 bits per heavy atom. The van der Waals surface area contributed by atoms with Gasteiger partial charge in [-0.1, -0.05) is 26.8 Å². The lowest BCUT2D eigenvalue weighted by atomic mass is 10.2. The summed E-state index contributed by atoms with van der Waals surface area (Å²) in [6.45, 7) is 14.0. The van der Waals surface area contributed by atoms with Crippen molar-refractivity contribution >= 4 is 0 Å². The third-order valence-corrected chi connectivity index (χ3v) is 2.41. The fraction of sp³-hybridized carbons (Fsp3) is 0.833. The van der Waals surface area contributed by atoms with Crippen molar-refractivity contribution in [1.82, 2.24) is 10.2 Å². The summed E-state index contributed by atoms with van der Waals surface area (Å²) in [6, 6.07) is 0.951. The first-order valence-corrected chi connectivity index (χ1v) is 5.72. The third-order valence-electron chi connectivity index (χ3n) is 2.41. The summed E-state index contributed by atoms with van der Waals surface area (Å²) in [4.78, 5) is 2.37. The number of ether oxygens (including phenoxy) is 1. The molecule has 1 atom stereocenters. The number of hydrogen-bond acceptors (Lipinski definition) is 3. The molecule has 0 aliphatic rings. The molecule has 0 amide bonds. The molecular formula is C12H26N2O. The van der Waals surface area contributed by atoms with Crippen molar-refractivity contribution in [2.75, 3.05) is 33.4 Å². The summed E-state index contributed by atoms with van der Waals surface area (Å²) in [6.07, 6.45) is 1.95. The molecule has 3 nitrogen and oxygen atoms in total. The minimum atomic E-state index is 0.431. The molecule has 0 aromatic heterocycles. The highest BCUT2D eigenvalue weighted by Gasteiger charge is 2.15. The first-order valence-electron chi connectivity index (χ1n) is 5.72. The van der Waals surface area contributed by atoms with Gasteiger partial charge in [-0.05, 0) is 6.54 Å². The van der Waals surface area contributed by atoms with Gasteiger partial charge in [-0.15, -0.1) is 6.58 Å². The van der Waals surface area contributed by atoms with Gasteiger partial charge in [-0.25, -0.2) is 0 Å². The van der Waals surface area contributed by atoms with E-state index < -0.39 is 0 Å². The molecule has 0 saturated heterocycles. The number of methoxy groups -OCH3 is 1. The third kappa shape index (κ3) is 6.66. The van der Waals surface area contributed by atoms with Gasteiger partial charge in [0.05, 0.1) is 6.61 Å². The zero-order valence-electron chi connectivity index (χ0n) is 10.6. The predicted octanol–water partition coefficient (Wildman–Crippen LogP) is 1.51. The van der Waals surface area contributed by atoms with E-state index in [0.717, 1.165) is 26.2 Å². The highest BCUT2D eigenvalue weighted by Crippen LogP contribution is 2.00. The average molecular weight is 214 g/mol. The van der Waals surface area contributed by atoms with Crippen LogP contribution >= 0.6 is 0 Å². The molecule has 0 spiro atoms. The van der Waals surface area contributed by atoms with Crippen LogP contribution in [0.15, 0.2) is 12.7 Å². The standard InChI is InChI=1S/C12H26N2O/c1-6-8-14(7-2)12(10-15-5)9-13-11(3)4/h6,11-13H,1,7-10H2,2-5H3. The van der Waals surface area contributed by atoms with Crippen LogP contribution in [0.25, 0.3) is 0 Å². The lowest BCUT2D eigenvalue weighted by molar-refractivity contribution is 0.0985. The molecule has 0 radical (unpaired) electrons. The van der Waals surface area contributed by atoms with E-state index >= 15 is 0 Å². The van der Waals surface area contributed by atoms with Crippen LogP contribution in [-0.2, 0) is 4.74 Å². The smallest absolute Gasteiger partial charge is 0.0630 e. The van der Waals surface area contributed by atoms with Gasteiger partial charge < -0.3 is 10.1 Å². The SMILES string of the molecule is C=CCN(CC)C(CNC(C)C)COC. The Labute approximate surface area is 94.5 Å². The van der Waals surface area contributed by atoms with Gasteiger partial charge >= 0.3 is 0 Å². The topological polar surface area (TPSA) is 24.5 Å². The van der Waals surface area contributed by atoms with Crippen LogP contribution in [0, 0.1) is 0 Å². The van der Waals surface area contributed by atoms with Crippen molar-refractivity contribution in [2.24, 2.45) is 0 Å². The van der Waals surface area contributed by atoms with Crippen LogP contribution in [0.1, 0.15) is 20.8 Å². The molecule has 90 valence electrons. The normalized spacial score (nSPS) is 13.5. The maximum Gasteiger partial charge on any atom is 0.0630 e. The quantitative estimate of drug-likeness (QED) is 0.589. The maximum absolute atomic E-state index is 5.25. The van der Waals surface area contributed by atoms with Gasteiger partial charge in [-0.3, -0.25) is 4.90 Å². The number of rotatable bonds is 9. The van der Waals surface area contributed by atoms with E-state index in [1.54, 1.807) is 7.11 Å². The number of nitrogens with one attached hydrogen (secondary N) is 1. The maximum atomic E-state index is 5.25. The summed E-state index contributed by atoms with van der Waals surface area (Å²) in [5.41, 5.74) is 0. The number of hydrogen-bond donors (Lipinski definition) is 1. The average Bonchev–Trinajstić information content (AvgIpc) is 2.21. The molecule has 0 fully saturated rings. The fourth-order valence-corrected chi connectivity index (χ4v) is 1.56. The molecule has 0 aromatic carbocycles. The van der Waals surface area contributed by atoms with Gasteiger partial charge in [0.2, 0.25) is 0 Å². The molecule has 0 aliphatic heterocycles. The van der Waals surface area contributed by atoms with Crippen LogP contribution in [0.2, 0.25) is 0 Å². The molecule has 0 bridgehead atoms. The molecule has 15 heavy (non-hydrogen) atoms. The first-order chi connectivity index (χ1) is 7.15. The highest BCUT2D eigenvalue weighted by molar-refractivity contribution is 4.80. The largest absolute Gasteiger partial charge is 0.383 e. The van der Waals surface area contributed by atoms with Crippen LogP contribution in [0.5, 0.6) is 0 Å². The number of likely N-dealkylation sites (N-methyl/N-ethyl adjacent to an activating group) is 1. The van der Waals surface area contributed by atoms with Crippen LogP contribution in [0.3, 0.4) is 0 Å². The molecule has 0 aromatic rings. The Morgan fingerprint density at radius 2 is 2.13 bits per heavy atom. The Morgan fingerprint density at radius 3 is 2.53 bits per heavy atom. The van der Waals surface area contributed by atoms with E-state index in [4.69, 9.17) is 4.74 Å². The van der Waals surface area contributed by atoms with Crippen molar-refractivity contribution in [3.05, 3.63) is 12.7 Å². The second kappa shape index (κ2) is 8.89. The van der Waals surface area contributed by atoms with Crippen molar-refractivity contribution in [3.8, 4) is 0 Å². The monoisotopic (exact) mass is 214 g/mol. The Bertz CT molecular complexity index is 160. The molecule has 0 rings (SSSR count). The van der Waals surface area contributed by atoms with Gasteiger partial charge in [0.1, 0.15) is 0 Å². The summed E-state index contributed by atoms with van der Waals surface area (Å²) < 4.78 is 5.25. The minimum Gasteiger partial charge on any atom is -0.383 e. The molecule has 0 saturated carbocycles. The van der Waals surface area contributed by atoms with E-state index in [0.29, 0.717) is 12.1 Å². The van der Waals surface area contributed by atoms with Crippen molar-refractivity contribution in [2.45, 2.75) is 32.9 Å². The molecule has 0 heterocycles. The van der Waals surface area contributed by atoms with Crippen LogP contribution < -0.4 is 5.32 Å². The summed E-state index contributed by atoms with van der Waals surface area (Å²) in [5.74, 6) is 0. The summed E-state index contributed by atoms with van der Waals surface area (Å²) >= 11 is 0. The Hall–Kier alpha value is -0.380. The van der Waals surface area contributed by atoms with Gasteiger partial charge in [-0.2, -0.15) is 0 Å². The summed E-state index contributed by atoms with van der Waals surface area (Å²) in [5, 5.41) is 3.45. The molecule has 0 aliphatic carbocycles. The minimum absolute atomic E-state index is 0.431. The van der Waals surface area contributed by atoms with E-state index in [9.17, 15) is 0 Å². The van der Waals surface area contributed by atoms with Gasteiger partial charge in [0.25, 0.3) is 0 Å². The van der Waals surface area contributed by atoms with E-state index in [2.05, 4.69) is 37.6 Å². The summed E-state index contributed by atoms with van der Waals surface area (Å²) in [7, 11) is 1.75. The zero-order chi connectivity index (χ0) is 11.7. The second-order valence-electron chi connectivity index (χ2n) is 4.05. The van der Waals surface area contributed by atoms with E-state index in [1.807, 2.05) is 6.08 Å². The Balaban J connectivity index is 4.13. The van der Waals surface area contributed by atoms with Gasteiger partial charge in [0, 0.05) is 32.3 Å². The predicted molar refractivity (Wildman–Crippen MR) is 66.2 cm³/mol. The fourth-order valence-electron chi connectivity index (χ4n) is 1.56.